The summed E-state index contributed by atoms with van der Waals surface area (Å²) in [6, 6.07) is 7.18. The Hall–Kier alpha value is -1.45. The SMILES string of the molecule is C[C@@H](Sc1ccc(S(C)(=O)=O)cc1S(C)(=O)=O)c1c(F)cccc1F. The Bertz CT molecular complexity index is 995. The van der Waals surface area contributed by atoms with Crippen LogP contribution in [0.5, 0.6) is 0 Å². The molecule has 0 fully saturated rings. The second-order valence-electron chi connectivity index (χ2n) is 5.55. The molecule has 0 aromatic heterocycles. The van der Waals surface area contributed by atoms with Crippen LogP contribution in [0.25, 0.3) is 0 Å². The maximum absolute atomic E-state index is 13.9. The minimum Gasteiger partial charge on any atom is -0.224 e. The van der Waals surface area contributed by atoms with E-state index in [1.165, 1.54) is 18.2 Å². The van der Waals surface area contributed by atoms with Crippen LogP contribution in [-0.4, -0.2) is 29.3 Å². The van der Waals surface area contributed by atoms with Crippen molar-refractivity contribution in [1.82, 2.24) is 0 Å². The van der Waals surface area contributed by atoms with Crippen molar-refractivity contribution in [2.24, 2.45) is 0 Å². The van der Waals surface area contributed by atoms with E-state index in [9.17, 15) is 25.6 Å². The van der Waals surface area contributed by atoms with Crippen molar-refractivity contribution in [1.29, 1.82) is 0 Å². The van der Waals surface area contributed by atoms with Crippen molar-refractivity contribution in [3.8, 4) is 0 Å². The van der Waals surface area contributed by atoms with Crippen LogP contribution in [0, 0.1) is 11.6 Å². The minimum atomic E-state index is -3.74. The zero-order valence-electron chi connectivity index (χ0n) is 13.7. The van der Waals surface area contributed by atoms with E-state index in [2.05, 4.69) is 0 Å². The second kappa shape index (κ2) is 7.05. The Kier molecular flexibility index (Phi) is 5.60. The van der Waals surface area contributed by atoms with Gasteiger partial charge in [-0.1, -0.05) is 6.07 Å². The van der Waals surface area contributed by atoms with Gasteiger partial charge < -0.3 is 0 Å². The summed E-state index contributed by atoms with van der Waals surface area (Å²) >= 11 is 0.944. The predicted octanol–water partition coefficient (Wildman–Crippen LogP) is 3.63. The fraction of sp³-hybridized carbons (Fsp3) is 0.250. The normalized spacial score (nSPS) is 13.6. The van der Waals surface area contributed by atoms with Gasteiger partial charge in [0.25, 0.3) is 0 Å². The average molecular weight is 406 g/mol. The van der Waals surface area contributed by atoms with Gasteiger partial charge in [-0.3, -0.25) is 0 Å². The number of thioether (sulfide) groups is 1. The molecule has 0 saturated carbocycles. The van der Waals surface area contributed by atoms with Crippen molar-refractivity contribution in [3.63, 3.8) is 0 Å². The highest BCUT2D eigenvalue weighted by atomic mass is 32.2. The van der Waals surface area contributed by atoms with Gasteiger partial charge in [-0.15, -0.1) is 11.8 Å². The van der Waals surface area contributed by atoms with Crippen LogP contribution in [0.4, 0.5) is 8.78 Å². The van der Waals surface area contributed by atoms with E-state index in [1.54, 1.807) is 6.92 Å². The molecule has 4 nitrogen and oxygen atoms in total. The molecule has 2 aromatic rings. The molecule has 0 saturated heterocycles. The van der Waals surface area contributed by atoms with E-state index in [-0.39, 0.29) is 20.2 Å². The van der Waals surface area contributed by atoms with Crippen LogP contribution in [-0.2, 0) is 19.7 Å². The van der Waals surface area contributed by atoms with E-state index in [0.717, 1.165) is 42.5 Å². The van der Waals surface area contributed by atoms with Crippen LogP contribution in [0.2, 0.25) is 0 Å². The molecule has 25 heavy (non-hydrogen) atoms. The predicted molar refractivity (Wildman–Crippen MR) is 93.3 cm³/mol. The average Bonchev–Trinajstić information content (AvgIpc) is 2.45. The second-order valence-corrected chi connectivity index (χ2v) is 10.9. The summed E-state index contributed by atoms with van der Waals surface area (Å²) in [6.45, 7) is 1.54. The van der Waals surface area contributed by atoms with Crippen molar-refractivity contribution in [3.05, 3.63) is 53.6 Å². The standard InChI is InChI=1S/C16H16F2O4S3/c1-10(16-12(17)5-4-6-13(16)18)23-14-8-7-11(24(2,19)20)9-15(14)25(3,21)22/h4-10H,1-3H3/t10-/m1/s1. The third-order valence-corrected chi connectivity index (χ3v) is 7.03. The molecular weight excluding hydrogens is 390 g/mol. The molecule has 0 N–H and O–H groups in total. The first-order chi connectivity index (χ1) is 11.4. The molecule has 0 amide bonds. The maximum Gasteiger partial charge on any atom is 0.176 e. The van der Waals surface area contributed by atoms with Crippen molar-refractivity contribution in [2.45, 2.75) is 26.9 Å². The summed E-state index contributed by atoms with van der Waals surface area (Å²) in [5.74, 6) is -1.46. The fourth-order valence-electron chi connectivity index (χ4n) is 2.25. The summed E-state index contributed by atoms with van der Waals surface area (Å²) in [4.78, 5) is -0.101. The zero-order chi connectivity index (χ0) is 19.0. The number of hydrogen-bond donors (Lipinski definition) is 0. The van der Waals surface area contributed by atoms with Crippen LogP contribution in [0.1, 0.15) is 17.7 Å². The molecule has 2 aromatic carbocycles. The molecule has 0 aliphatic rings. The third-order valence-electron chi connectivity index (χ3n) is 3.45. The molecule has 1 atom stereocenters. The summed E-state index contributed by atoms with van der Waals surface area (Å²) < 4.78 is 75.2. The van der Waals surface area contributed by atoms with E-state index in [4.69, 9.17) is 0 Å². The fourth-order valence-corrected chi connectivity index (χ4v) is 5.39. The van der Waals surface area contributed by atoms with Gasteiger partial charge in [0.05, 0.1) is 9.79 Å². The number of rotatable bonds is 5. The van der Waals surface area contributed by atoms with Crippen LogP contribution >= 0.6 is 11.8 Å². The maximum atomic E-state index is 13.9. The van der Waals surface area contributed by atoms with Gasteiger partial charge in [-0.25, -0.2) is 25.6 Å². The summed E-state index contributed by atoms with van der Waals surface area (Å²) in [7, 11) is -7.33. The molecule has 0 aliphatic carbocycles. The number of halogens is 2. The topological polar surface area (TPSA) is 68.3 Å². The van der Waals surface area contributed by atoms with Gasteiger partial charge in [0.2, 0.25) is 0 Å². The van der Waals surface area contributed by atoms with E-state index in [0.29, 0.717) is 0 Å². The van der Waals surface area contributed by atoms with Crippen molar-refractivity contribution >= 4 is 31.4 Å². The van der Waals surface area contributed by atoms with Crippen LogP contribution < -0.4 is 0 Å². The Morgan fingerprint density at radius 3 is 1.96 bits per heavy atom. The highest BCUT2D eigenvalue weighted by Gasteiger charge is 2.22. The molecule has 0 spiro atoms. The zero-order valence-corrected chi connectivity index (χ0v) is 16.1. The van der Waals surface area contributed by atoms with Crippen LogP contribution in [0.3, 0.4) is 0 Å². The Balaban J connectivity index is 2.53. The molecule has 0 radical (unpaired) electrons. The molecule has 136 valence electrons. The molecule has 0 unspecified atom stereocenters. The molecule has 9 heteroatoms. The van der Waals surface area contributed by atoms with Gasteiger partial charge >= 0.3 is 0 Å². The Morgan fingerprint density at radius 2 is 1.48 bits per heavy atom. The minimum absolute atomic E-state index is 0.137. The monoisotopic (exact) mass is 406 g/mol. The third kappa shape index (κ3) is 4.59. The lowest BCUT2D eigenvalue weighted by Gasteiger charge is -2.16. The quantitative estimate of drug-likeness (QED) is 0.710. The number of benzene rings is 2. The first-order valence-corrected chi connectivity index (χ1v) is 11.7. The highest BCUT2D eigenvalue weighted by molar-refractivity contribution is 8.00. The lowest BCUT2D eigenvalue weighted by molar-refractivity contribution is 0.557. The molecule has 0 aliphatic heterocycles. The van der Waals surface area contributed by atoms with E-state index < -0.39 is 36.6 Å². The number of hydrogen-bond acceptors (Lipinski definition) is 5. The van der Waals surface area contributed by atoms with Crippen molar-refractivity contribution in [2.75, 3.05) is 12.5 Å². The van der Waals surface area contributed by atoms with Gasteiger partial charge in [0, 0.05) is 28.2 Å². The molecule has 2 rings (SSSR count). The first-order valence-electron chi connectivity index (χ1n) is 7.06. The first kappa shape index (κ1) is 19.9. The summed E-state index contributed by atoms with van der Waals surface area (Å²) in [5, 5.41) is -0.717. The van der Waals surface area contributed by atoms with Gasteiger partial charge in [-0.2, -0.15) is 0 Å². The highest BCUT2D eigenvalue weighted by Crippen LogP contribution is 2.40. The van der Waals surface area contributed by atoms with Crippen molar-refractivity contribution < 1.29 is 25.6 Å². The molecule has 0 bridgehead atoms. The van der Waals surface area contributed by atoms with E-state index in [1.807, 2.05) is 0 Å². The lowest BCUT2D eigenvalue weighted by atomic mass is 10.1. The summed E-state index contributed by atoms with van der Waals surface area (Å²) in [6.07, 6.45) is 1.92. The Morgan fingerprint density at radius 1 is 0.920 bits per heavy atom. The Labute approximate surface area is 150 Å². The van der Waals surface area contributed by atoms with E-state index >= 15 is 0 Å². The largest absolute Gasteiger partial charge is 0.224 e. The molecule has 0 heterocycles. The lowest BCUT2D eigenvalue weighted by Crippen LogP contribution is -2.05. The van der Waals surface area contributed by atoms with Crippen LogP contribution in [0.15, 0.2) is 51.1 Å². The number of sulfone groups is 2. The van der Waals surface area contributed by atoms with Gasteiger partial charge in [0.1, 0.15) is 11.6 Å². The van der Waals surface area contributed by atoms with Gasteiger partial charge in [-0.05, 0) is 37.3 Å². The molecular formula is C16H16F2O4S3. The smallest absolute Gasteiger partial charge is 0.176 e. The van der Waals surface area contributed by atoms with Gasteiger partial charge in [0.15, 0.2) is 19.7 Å². The summed E-state index contributed by atoms with van der Waals surface area (Å²) in [5.41, 5.74) is -0.167.